The number of rotatable bonds is 2. The van der Waals surface area contributed by atoms with Crippen molar-refractivity contribution in [1.29, 1.82) is 0 Å². The molecule has 7 heteroatoms. The predicted octanol–water partition coefficient (Wildman–Crippen LogP) is 2.95. The molecule has 0 unspecified atom stereocenters. The van der Waals surface area contributed by atoms with Gasteiger partial charge in [-0.15, -0.1) is 11.3 Å². The average molecular weight is 351 g/mol. The van der Waals surface area contributed by atoms with Crippen LogP contribution in [0.1, 0.15) is 5.56 Å². The molecule has 0 amide bonds. The van der Waals surface area contributed by atoms with Crippen molar-refractivity contribution in [2.24, 2.45) is 0 Å². The van der Waals surface area contributed by atoms with Crippen molar-refractivity contribution in [2.75, 3.05) is 24.7 Å². The minimum atomic E-state index is -0.0971. The summed E-state index contributed by atoms with van der Waals surface area (Å²) in [6.45, 7) is 2.01. The predicted molar refractivity (Wildman–Crippen MR) is 104 cm³/mol. The summed E-state index contributed by atoms with van der Waals surface area (Å²) in [5.74, 6) is 0.432. The van der Waals surface area contributed by atoms with Crippen LogP contribution in [-0.2, 0) is 0 Å². The summed E-state index contributed by atoms with van der Waals surface area (Å²) in [6.07, 6.45) is 1.58. The Labute approximate surface area is 148 Å². The van der Waals surface area contributed by atoms with Crippen LogP contribution in [0.2, 0.25) is 0 Å². The van der Waals surface area contributed by atoms with Gasteiger partial charge in [-0.05, 0) is 19.1 Å². The van der Waals surface area contributed by atoms with Crippen molar-refractivity contribution < 1.29 is 0 Å². The maximum Gasteiger partial charge on any atom is 0.275 e. The van der Waals surface area contributed by atoms with E-state index < -0.39 is 0 Å². The molecule has 2 N–H and O–H groups in total. The molecule has 0 fully saturated rings. The highest BCUT2D eigenvalue weighted by Crippen LogP contribution is 2.36. The molecule has 0 aliphatic carbocycles. The van der Waals surface area contributed by atoms with E-state index in [1.54, 1.807) is 10.9 Å². The minimum Gasteiger partial charge on any atom is -0.384 e. The maximum absolute atomic E-state index is 13.0. The Bertz CT molecular complexity index is 1160. The molecule has 1 aromatic carbocycles. The van der Waals surface area contributed by atoms with Crippen LogP contribution in [0.25, 0.3) is 26.1 Å². The molecule has 3 heterocycles. The van der Waals surface area contributed by atoms with Crippen molar-refractivity contribution in [3.8, 4) is 5.69 Å². The van der Waals surface area contributed by atoms with E-state index in [4.69, 9.17) is 5.73 Å². The average Bonchev–Trinajstić information content (AvgIpc) is 2.94. The maximum atomic E-state index is 13.0. The fourth-order valence-corrected chi connectivity index (χ4v) is 3.95. The third-order valence-corrected chi connectivity index (χ3v) is 5.21. The third-order valence-electron chi connectivity index (χ3n) is 4.15. The van der Waals surface area contributed by atoms with E-state index in [9.17, 15) is 4.79 Å². The molecule has 0 saturated carbocycles. The van der Waals surface area contributed by atoms with Gasteiger partial charge < -0.3 is 10.6 Å². The number of aromatic nitrogens is 3. The summed E-state index contributed by atoms with van der Waals surface area (Å²) in [5, 5.41) is 0.868. The highest BCUT2D eigenvalue weighted by Gasteiger charge is 2.18. The Morgan fingerprint density at radius 2 is 1.92 bits per heavy atom. The fraction of sp³-hybridized carbons (Fsp3) is 0.167. The molecule has 0 radical (unpaired) electrons. The summed E-state index contributed by atoms with van der Waals surface area (Å²) in [6, 6.07) is 9.59. The van der Waals surface area contributed by atoms with Crippen LogP contribution in [0.15, 0.2) is 41.5 Å². The van der Waals surface area contributed by atoms with Gasteiger partial charge in [0.25, 0.3) is 5.56 Å². The second kappa shape index (κ2) is 5.56. The Hall–Kier alpha value is -2.93. The number of nitrogen functional groups attached to an aromatic ring is 1. The Kier molecular flexibility index (Phi) is 3.47. The largest absolute Gasteiger partial charge is 0.384 e. The van der Waals surface area contributed by atoms with Crippen molar-refractivity contribution in [3.05, 3.63) is 52.6 Å². The second-order valence-corrected chi connectivity index (χ2v) is 7.17. The molecule has 126 valence electrons. The Morgan fingerprint density at radius 1 is 1.20 bits per heavy atom. The van der Waals surface area contributed by atoms with Crippen LogP contribution in [0, 0.1) is 6.92 Å². The minimum absolute atomic E-state index is 0.0971. The summed E-state index contributed by atoms with van der Waals surface area (Å²) in [4.78, 5) is 24.7. The highest BCUT2D eigenvalue weighted by atomic mass is 32.1. The normalized spacial score (nSPS) is 11.3. The SMILES string of the molecule is Cc1ccc(-n2cnc3c(sc4nc(N)cc(N(C)C)c43)c2=O)cc1. The molecule has 3 aromatic heterocycles. The van der Waals surface area contributed by atoms with E-state index >= 15 is 0 Å². The van der Waals surface area contributed by atoms with Crippen LogP contribution in [-0.4, -0.2) is 28.6 Å². The highest BCUT2D eigenvalue weighted by molar-refractivity contribution is 7.25. The Morgan fingerprint density at radius 3 is 2.60 bits per heavy atom. The van der Waals surface area contributed by atoms with Gasteiger partial charge in [0.1, 0.15) is 27.2 Å². The van der Waals surface area contributed by atoms with E-state index in [-0.39, 0.29) is 5.56 Å². The topological polar surface area (TPSA) is 77.0 Å². The van der Waals surface area contributed by atoms with Crippen LogP contribution in [0.3, 0.4) is 0 Å². The molecule has 0 bridgehead atoms. The number of fused-ring (bicyclic) bond motifs is 3. The lowest BCUT2D eigenvalue weighted by Gasteiger charge is -2.14. The standard InChI is InChI=1S/C18H17N5OS/c1-10-4-6-11(7-5-10)23-9-20-15-14-12(22(2)3)8-13(19)21-17(14)25-16(15)18(23)24/h4-9H,1-3H3,(H2,19,21). The van der Waals surface area contributed by atoms with Crippen LogP contribution < -0.4 is 16.2 Å². The molecule has 6 nitrogen and oxygen atoms in total. The number of aryl methyl sites for hydroxylation is 1. The number of nitrogens with zero attached hydrogens (tertiary/aromatic N) is 4. The van der Waals surface area contributed by atoms with E-state index in [2.05, 4.69) is 9.97 Å². The van der Waals surface area contributed by atoms with Crippen molar-refractivity contribution in [1.82, 2.24) is 14.5 Å². The van der Waals surface area contributed by atoms with Gasteiger partial charge in [0.05, 0.1) is 16.8 Å². The van der Waals surface area contributed by atoms with E-state index in [0.717, 1.165) is 27.2 Å². The summed E-state index contributed by atoms with van der Waals surface area (Å²) < 4.78 is 2.15. The number of pyridine rings is 1. The third kappa shape index (κ3) is 2.44. The molecule has 4 aromatic rings. The first-order valence-corrected chi connectivity index (χ1v) is 8.62. The molecule has 25 heavy (non-hydrogen) atoms. The van der Waals surface area contributed by atoms with Gasteiger partial charge >= 0.3 is 0 Å². The van der Waals surface area contributed by atoms with Crippen LogP contribution >= 0.6 is 11.3 Å². The molecule has 0 saturated heterocycles. The molecular formula is C18H17N5OS. The van der Waals surface area contributed by atoms with Crippen LogP contribution in [0.5, 0.6) is 0 Å². The first-order valence-electron chi connectivity index (χ1n) is 7.80. The van der Waals surface area contributed by atoms with Crippen LogP contribution in [0.4, 0.5) is 11.5 Å². The first-order chi connectivity index (χ1) is 12.0. The van der Waals surface area contributed by atoms with Gasteiger partial charge in [-0.1, -0.05) is 17.7 Å². The van der Waals surface area contributed by atoms with Crippen molar-refractivity contribution in [3.63, 3.8) is 0 Å². The van der Waals surface area contributed by atoms with E-state index in [1.165, 1.54) is 11.3 Å². The van der Waals surface area contributed by atoms with Gasteiger partial charge in [0.2, 0.25) is 0 Å². The number of thiophene rings is 1. The first kappa shape index (κ1) is 15.6. The quantitative estimate of drug-likeness (QED) is 0.601. The zero-order valence-corrected chi connectivity index (χ0v) is 15.0. The molecule has 0 aliphatic heterocycles. The number of anilines is 2. The summed E-state index contributed by atoms with van der Waals surface area (Å²) in [7, 11) is 3.87. The molecular weight excluding hydrogens is 334 g/mol. The number of nitrogens with two attached hydrogens (primary N) is 1. The molecule has 0 aliphatic rings. The number of hydrogen-bond donors (Lipinski definition) is 1. The smallest absolute Gasteiger partial charge is 0.275 e. The lowest BCUT2D eigenvalue weighted by molar-refractivity contribution is 0.966. The lowest BCUT2D eigenvalue weighted by atomic mass is 10.2. The van der Waals surface area contributed by atoms with Gasteiger partial charge in [-0.25, -0.2) is 9.97 Å². The summed E-state index contributed by atoms with van der Waals surface area (Å²) in [5.41, 5.74) is 9.34. The van der Waals surface area contributed by atoms with Gasteiger partial charge in [-0.2, -0.15) is 0 Å². The fourth-order valence-electron chi connectivity index (χ4n) is 2.87. The summed E-state index contributed by atoms with van der Waals surface area (Å²) >= 11 is 1.33. The molecule has 0 spiro atoms. The Balaban J connectivity index is 2.05. The van der Waals surface area contributed by atoms with Crippen molar-refractivity contribution >= 4 is 43.3 Å². The zero-order valence-electron chi connectivity index (χ0n) is 14.1. The van der Waals surface area contributed by atoms with Gasteiger partial charge in [-0.3, -0.25) is 9.36 Å². The zero-order chi connectivity index (χ0) is 17.7. The van der Waals surface area contributed by atoms with Gasteiger partial charge in [0.15, 0.2) is 0 Å². The number of benzene rings is 1. The lowest BCUT2D eigenvalue weighted by Crippen LogP contribution is -2.17. The number of hydrogen-bond acceptors (Lipinski definition) is 6. The van der Waals surface area contributed by atoms with Crippen molar-refractivity contribution in [2.45, 2.75) is 6.92 Å². The van der Waals surface area contributed by atoms with E-state index in [0.29, 0.717) is 16.0 Å². The molecule has 4 rings (SSSR count). The van der Waals surface area contributed by atoms with Gasteiger partial charge in [0, 0.05) is 20.2 Å². The van der Waals surface area contributed by atoms with E-state index in [1.807, 2.05) is 56.3 Å². The second-order valence-electron chi connectivity index (χ2n) is 6.18. The monoisotopic (exact) mass is 351 g/mol. The molecule has 0 atom stereocenters.